The van der Waals surface area contributed by atoms with Crippen LogP contribution in [0.2, 0.25) is 0 Å². The van der Waals surface area contributed by atoms with E-state index >= 15 is 0 Å². The number of carboxylic acids is 1. The second-order valence-corrected chi connectivity index (χ2v) is 4.40. The van der Waals surface area contributed by atoms with Crippen LogP contribution in [0, 0.1) is 6.92 Å². The minimum absolute atomic E-state index is 0.126. The van der Waals surface area contributed by atoms with Gasteiger partial charge in [0.05, 0.1) is 11.3 Å². The minimum atomic E-state index is -1.03. The van der Waals surface area contributed by atoms with Crippen LogP contribution in [0.3, 0.4) is 0 Å². The maximum Gasteiger partial charge on any atom is 0.335 e. The second-order valence-electron chi connectivity index (χ2n) is 4.40. The van der Waals surface area contributed by atoms with E-state index in [0.717, 1.165) is 5.56 Å². The molecule has 0 unspecified atom stereocenters. The van der Waals surface area contributed by atoms with Crippen molar-refractivity contribution in [1.82, 2.24) is 4.98 Å². The van der Waals surface area contributed by atoms with Gasteiger partial charge in [-0.1, -0.05) is 12.1 Å². The Morgan fingerprint density at radius 1 is 1.20 bits per heavy atom. The molecule has 0 aliphatic rings. The van der Waals surface area contributed by atoms with Crippen LogP contribution in [0.4, 0.5) is 11.5 Å². The topological polar surface area (TPSA) is 70.5 Å². The van der Waals surface area contributed by atoms with Crippen molar-refractivity contribution in [3.63, 3.8) is 0 Å². The molecule has 1 aromatic carbocycles. The molecule has 0 atom stereocenters. The van der Waals surface area contributed by atoms with E-state index in [-0.39, 0.29) is 11.5 Å². The van der Waals surface area contributed by atoms with Crippen molar-refractivity contribution >= 4 is 23.4 Å². The summed E-state index contributed by atoms with van der Waals surface area (Å²) in [6, 6.07) is 9.78. The van der Waals surface area contributed by atoms with E-state index in [9.17, 15) is 9.59 Å². The zero-order chi connectivity index (χ0) is 14.7. The number of rotatable bonds is 3. The zero-order valence-electron chi connectivity index (χ0n) is 11.2. The summed E-state index contributed by atoms with van der Waals surface area (Å²) in [7, 11) is 0. The summed E-state index contributed by atoms with van der Waals surface area (Å²) in [5, 5.41) is 9.02. The number of carbonyl (C=O) groups is 2. The largest absolute Gasteiger partial charge is 0.478 e. The average molecular weight is 270 g/mol. The van der Waals surface area contributed by atoms with Crippen molar-refractivity contribution in [1.29, 1.82) is 0 Å². The molecule has 2 aromatic rings. The summed E-state index contributed by atoms with van der Waals surface area (Å²) in [5.41, 5.74) is 1.59. The summed E-state index contributed by atoms with van der Waals surface area (Å²) in [4.78, 5) is 28.4. The van der Waals surface area contributed by atoms with Gasteiger partial charge in [-0.3, -0.25) is 9.69 Å². The molecule has 1 aromatic heterocycles. The molecule has 0 radical (unpaired) electrons. The molecule has 0 spiro atoms. The van der Waals surface area contributed by atoms with Gasteiger partial charge < -0.3 is 5.11 Å². The van der Waals surface area contributed by atoms with Gasteiger partial charge in [0.15, 0.2) is 0 Å². The summed E-state index contributed by atoms with van der Waals surface area (Å²) < 4.78 is 0. The highest BCUT2D eigenvalue weighted by atomic mass is 16.4. The van der Waals surface area contributed by atoms with Crippen molar-refractivity contribution in [2.75, 3.05) is 4.90 Å². The lowest BCUT2D eigenvalue weighted by Crippen LogP contribution is -2.24. The molecule has 0 aliphatic carbocycles. The van der Waals surface area contributed by atoms with Crippen molar-refractivity contribution in [2.45, 2.75) is 13.8 Å². The molecule has 102 valence electrons. The molecule has 0 fully saturated rings. The number of nitrogens with zero attached hydrogens (tertiary/aromatic N) is 2. The molecule has 1 N–H and O–H groups in total. The second kappa shape index (κ2) is 5.52. The van der Waals surface area contributed by atoms with E-state index in [1.807, 2.05) is 13.0 Å². The number of carboxylic acid groups (broad SMARTS) is 1. The van der Waals surface area contributed by atoms with Crippen LogP contribution in [-0.4, -0.2) is 22.0 Å². The molecule has 1 heterocycles. The van der Waals surface area contributed by atoms with E-state index in [2.05, 4.69) is 4.98 Å². The average Bonchev–Trinajstić information content (AvgIpc) is 2.41. The smallest absolute Gasteiger partial charge is 0.335 e. The molecular formula is C15H14N2O3. The number of pyridine rings is 1. The number of carbonyl (C=O) groups excluding carboxylic acids is 1. The third kappa shape index (κ3) is 2.83. The highest BCUT2D eigenvalue weighted by Crippen LogP contribution is 2.24. The van der Waals surface area contributed by atoms with Crippen LogP contribution in [0.1, 0.15) is 22.8 Å². The van der Waals surface area contributed by atoms with Gasteiger partial charge in [0.25, 0.3) is 0 Å². The van der Waals surface area contributed by atoms with E-state index in [1.54, 1.807) is 24.4 Å². The zero-order valence-corrected chi connectivity index (χ0v) is 11.2. The third-order valence-corrected chi connectivity index (χ3v) is 2.79. The van der Waals surface area contributed by atoms with E-state index < -0.39 is 5.97 Å². The molecule has 2 rings (SSSR count). The van der Waals surface area contributed by atoms with E-state index in [4.69, 9.17) is 5.11 Å². The fraction of sp³-hybridized carbons (Fsp3) is 0.133. The number of aromatic carboxylic acids is 1. The fourth-order valence-electron chi connectivity index (χ4n) is 1.85. The van der Waals surface area contributed by atoms with Crippen molar-refractivity contribution < 1.29 is 14.7 Å². The quantitative estimate of drug-likeness (QED) is 0.931. The minimum Gasteiger partial charge on any atom is -0.478 e. The first-order valence-electron chi connectivity index (χ1n) is 6.06. The lowest BCUT2D eigenvalue weighted by molar-refractivity contribution is -0.115. The number of aromatic nitrogens is 1. The molecular weight excluding hydrogens is 256 g/mol. The van der Waals surface area contributed by atoms with Gasteiger partial charge in [-0.15, -0.1) is 0 Å². The number of anilines is 2. The Hall–Kier alpha value is -2.69. The van der Waals surface area contributed by atoms with Gasteiger partial charge in [0, 0.05) is 13.1 Å². The molecule has 1 amide bonds. The standard InChI is InChI=1S/C15H14N2O3/c1-10-6-7-14(16-9-10)17(11(2)18)13-5-3-4-12(8-13)15(19)20/h3-9H,1-2H3,(H,19,20). The van der Waals surface area contributed by atoms with E-state index in [0.29, 0.717) is 11.5 Å². The number of hydrogen-bond acceptors (Lipinski definition) is 3. The Morgan fingerprint density at radius 3 is 2.50 bits per heavy atom. The SMILES string of the molecule is CC(=O)N(c1cccc(C(=O)O)c1)c1ccc(C)cn1. The fourth-order valence-corrected chi connectivity index (χ4v) is 1.85. The van der Waals surface area contributed by atoms with Crippen LogP contribution in [0.15, 0.2) is 42.6 Å². The van der Waals surface area contributed by atoms with Crippen LogP contribution in [0.25, 0.3) is 0 Å². The first-order chi connectivity index (χ1) is 9.49. The highest BCUT2D eigenvalue weighted by molar-refractivity contribution is 5.99. The maximum absolute atomic E-state index is 11.8. The predicted octanol–water partition coefficient (Wildman–Crippen LogP) is 2.77. The normalized spacial score (nSPS) is 10.1. The first kappa shape index (κ1) is 13.7. The number of aryl methyl sites for hydroxylation is 1. The summed E-state index contributed by atoms with van der Waals surface area (Å²) >= 11 is 0. The molecule has 5 heteroatoms. The highest BCUT2D eigenvalue weighted by Gasteiger charge is 2.16. The van der Waals surface area contributed by atoms with Crippen LogP contribution < -0.4 is 4.90 Å². The molecule has 0 bridgehead atoms. The predicted molar refractivity (Wildman–Crippen MR) is 75.2 cm³/mol. The monoisotopic (exact) mass is 270 g/mol. The third-order valence-electron chi connectivity index (χ3n) is 2.79. The maximum atomic E-state index is 11.8. The van der Waals surface area contributed by atoms with Gasteiger partial charge in [-0.25, -0.2) is 9.78 Å². The van der Waals surface area contributed by atoms with Crippen molar-refractivity contribution in [3.8, 4) is 0 Å². The van der Waals surface area contributed by atoms with Crippen molar-refractivity contribution in [2.24, 2.45) is 0 Å². The van der Waals surface area contributed by atoms with Crippen molar-refractivity contribution in [3.05, 3.63) is 53.7 Å². The summed E-state index contributed by atoms with van der Waals surface area (Å²) in [5.74, 6) is -0.804. The Morgan fingerprint density at radius 2 is 1.95 bits per heavy atom. The van der Waals surface area contributed by atoms with Gasteiger partial charge >= 0.3 is 5.97 Å². The summed E-state index contributed by atoms with van der Waals surface area (Å²) in [6.07, 6.45) is 1.66. The van der Waals surface area contributed by atoms with E-state index in [1.165, 1.54) is 24.0 Å². The number of benzene rings is 1. The number of hydrogen-bond donors (Lipinski definition) is 1. The Balaban J connectivity index is 2.48. The lowest BCUT2D eigenvalue weighted by Gasteiger charge is -2.20. The summed E-state index contributed by atoms with van der Waals surface area (Å²) in [6.45, 7) is 3.31. The molecule has 5 nitrogen and oxygen atoms in total. The molecule has 0 saturated heterocycles. The Labute approximate surface area is 116 Å². The number of amides is 1. The lowest BCUT2D eigenvalue weighted by atomic mass is 10.2. The Bertz CT molecular complexity index is 650. The Kier molecular flexibility index (Phi) is 3.79. The van der Waals surface area contributed by atoms with Crippen LogP contribution in [-0.2, 0) is 4.79 Å². The van der Waals surface area contributed by atoms with Gasteiger partial charge in [-0.05, 0) is 36.8 Å². The van der Waals surface area contributed by atoms with Gasteiger partial charge in [0.2, 0.25) is 5.91 Å². The van der Waals surface area contributed by atoms with Gasteiger partial charge in [-0.2, -0.15) is 0 Å². The van der Waals surface area contributed by atoms with Crippen LogP contribution >= 0.6 is 0 Å². The van der Waals surface area contributed by atoms with Gasteiger partial charge in [0.1, 0.15) is 5.82 Å². The first-order valence-corrected chi connectivity index (χ1v) is 6.06. The molecule has 0 aliphatic heterocycles. The van der Waals surface area contributed by atoms with Crippen LogP contribution in [0.5, 0.6) is 0 Å². The molecule has 20 heavy (non-hydrogen) atoms. The molecule has 0 saturated carbocycles.